The molecule has 1 aliphatic rings. The highest BCUT2D eigenvalue weighted by Crippen LogP contribution is 2.25. The molecule has 0 saturated heterocycles. The Hall–Kier alpha value is -3.88. The van der Waals surface area contributed by atoms with Crippen LogP contribution in [-0.4, -0.2) is 49.9 Å². The first-order valence-electron chi connectivity index (χ1n) is 8.58. The van der Waals surface area contributed by atoms with Gasteiger partial charge in [0.25, 0.3) is 11.8 Å². The molecule has 1 N–H and O–H groups in total. The Labute approximate surface area is 160 Å². The van der Waals surface area contributed by atoms with Gasteiger partial charge in [0, 0.05) is 19.2 Å². The molecular weight excluding hydrogens is 360 g/mol. The van der Waals surface area contributed by atoms with Crippen LogP contribution < -0.4 is 5.32 Å². The fourth-order valence-corrected chi connectivity index (χ4v) is 3.12. The maximum atomic E-state index is 12.9. The maximum Gasteiger partial charge on any atom is 0.261 e. The summed E-state index contributed by atoms with van der Waals surface area (Å²) in [7, 11) is 1.43. The van der Waals surface area contributed by atoms with E-state index in [0.29, 0.717) is 17.7 Å². The molecule has 0 radical (unpaired) electrons. The summed E-state index contributed by atoms with van der Waals surface area (Å²) < 4.78 is 1.39. The SMILES string of the molecule is CN1C(=O)c2ccc(NC(=O)[C@@H](Cc3ccccc3)n3cnnn3)cc2C1=O. The Morgan fingerprint density at radius 3 is 2.54 bits per heavy atom. The number of aromatic nitrogens is 4. The van der Waals surface area contributed by atoms with Crippen molar-refractivity contribution in [1.82, 2.24) is 25.1 Å². The molecule has 1 aliphatic heterocycles. The minimum absolute atomic E-state index is 0.271. The van der Waals surface area contributed by atoms with Gasteiger partial charge in [0.05, 0.1) is 11.1 Å². The Balaban J connectivity index is 1.59. The van der Waals surface area contributed by atoms with Crippen molar-refractivity contribution in [3.05, 3.63) is 71.5 Å². The molecule has 3 aromatic rings. The van der Waals surface area contributed by atoms with Gasteiger partial charge in [-0.25, -0.2) is 4.68 Å². The number of fused-ring (bicyclic) bond motifs is 1. The molecule has 0 saturated carbocycles. The summed E-state index contributed by atoms with van der Waals surface area (Å²) in [6, 6.07) is 13.5. The highest BCUT2D eigenvalue weighted by molar-refractivity contribution is 6.21. The van der Waals surface area contributed by atoms with Crippen LogP contribution in [0.25, 0.3) is 0 Å². The van der Waals surface area contributed by atoms with Gasteiger partial charge in [-0.15, -0.1) is 5.10 Å². The van der Waals surface area contributed by atoms with Crippen LogP contribution in [0.15, 0.2) is 54.9 Å². The number of imide groups is 1. The predicted octanol–water partition coefficient (Wildman–Crippen LogP) is 1.32. The van der Waals surface area contributed by atoms with Crippen LogP contribution in [0, 0.1) is 0 Å². The zero-order valence-corrected chi connectivity index (χ0v) is 14.9. The van der Waals surface area contributed by atoms with Crippen molar-refractivity contribution >= 4 is 23.4 Å². The second-order valence-electron chi connectivity index (χ2n) is 6.41. The molecule has 4 rings (SSSR count). The Morgan fingerprint density at radius 2 is 1.82 bits per heavy atom. The molecule has 2 aromatic carbocycles. The van der Waals surface area contributed by atoms with Gasteiger partial charge in [-0.1, -0.05) is 30.3 Å². The van der Waals surface area contributed by atoms with Crippen molar-refractivity contribution in [2.24, 2.45) is 0 Å². The van der Waals surface area contributed by atoms with E-state index in [2.05, 4.69) is 20.8 Å². The van der Waals surface area contributed by atoms with Crippen LogP contribution in [0.5, 0.6) is 0 Å². The molecule has 0 bridgehead atoms. The molecule has 0 spiro atoms. The smallest absolute Gasteiger partial charge is 0.261 e. The predicted molar refractivity (Wildman–Crippen MR) is 98.5 cm³/mol. The molecule has 28 heavy (non-hydrogen) atoms. The van der Waals surface area contributed by atoms with Crippen molar-refractivity contribution in [2.75, 3.05) is 12.4 Å². The van der Waals surface area contributed by atoms with Crippen molar-refractivity contribution < 1.29 is 14.4 Å². The summed E-state index contributed by atoms with van der Waals surface area (Å²) in [5.74, 6) is -1.08. The third kappa shape index (κ3) is 3.13. The summed E-state index contributed by atoms with van der Waals surface area (Å²) in [5, 5.41) is 13.9. The lowest BCUT2D eigenvalue weighted by Crippen LogP contribution is -2.28. The number of tetrazole rings is 1. The second kappa shape index (κ2) is 7.03. The molecule has 0 aliphatic carbocycles. The van der Waals surface area contributed by atoms with E-state index < -0.39 is 11.9 Å². The van der Waals surface area contributed by atoms with Crippen LogP contribution in [-0.2, 0) is 11.2 Å². The van der Waals surface area contributed by atoms with Crippen LogP contribution in [0.4, 0.5) is 5.69 Å². The quantitative estimate of drug-likeness (QED) is 0.673. The van der Waals surface area contributed by atoms with Crippen molar-refractivity contribution in [3.8, 4) is 0 Å². The number of carbonyl (C=O) groups is 3. The number of hydrogen-bond acceptors (Lipinski definition) is 6. The summed E-state index contributed by atoms with van der Waals surface area (Å²) in [5.41, 5.74) is 1.97. The lowest BCUT2D eigenvalue weighted by Gasteiger charge is -2.16. The number of nitrogens with one attached hydrogen (secondary N) is 1. The number of amides is 3. The van der Waals surface area contributed by atoms with Gasteiger partial charge in [0.1, 0.15) is 12.4 Å². The van der Waals surface area contributed by atoms with Gasteiger partial charge < -0.3 is 5.32 Å². The first-order chi connectivity index (χ1) is 13.5. The van der Waals surface area contributed by atoms with E-state index in [9.17, 15) is 14.4 Å². The van der Waals surface area contributed by atoms with E-state index in [0.717, 1.165) is 10.5 Å². The first-order valence-corrected chi connectivity index (χ1v) is 8.58. The van der Waals surface area contributed by atoms with Crippen LogP contribution in [0.2, 0.25) is 0 Å². The molecule has 1 atom stereocenters. The van der Waals surface area contributed by atoms with Gasteiger partial charge in [0.2, 0.25) is 5.91 Å². The summed E-state index contributed by atoms with van der Waals surface area (Å²) in [4.78, 5) is 38.2. The van der Waals surface area contributed by atoms with E-state index in [-0.39, 0.29) is 17.4 Å². The molecule has 140 valence electrons. The molecular formula is C19H16N6O3. The van der Waals surface area contributed by atoms with E-state index in [1.165, 1.54) is 30.2 Å². The average Bonchev–Trinajstić information content (AvgIpc) is 3.31. The van der Waals surface area contributed by atoms with E-state index in [4.69, 9.17) is 0 Å². The molecule has 0 fully saturated rings. The molecule has 3 amide bonds. The first kappa shape index (κ1) is 17.5. The Bertz CT molecular complexity index is 1050. The summed E-state index contributed by atoms with van der Waals surface area (Å²) in [6.07, 6.45) is 1.77. The number of nitrogens with zero attached hydrogens (tertiary/aromatic N) is 5. The Morgan fingerprint density at radius 1 is 1.07 bits per heavy atom. The number of anilines is 1. The third-order valence-electron chi connectivity index (χ3n) is 4.62. The normalized spacial score (nSPS) is 14.1. The number of carbonyl (C=O) groups excluding carboxylic acids is 3. The Kier molecular flexibility index (Phi) is 4.40. The molecule has 0 unspecified atom stereocenters. The standard InChI is InChI=1S/C19H16N6O3/c1-24-18(27)14-8-7-13(10-15(14)19(24)28)21-17(26)16(25-11-20-22-23-25)9-12-5-3-2-4-6-12/h2-8,10-11,16H,9H2,1H3,(H,21,26)/t16-/m1/s1. The van der Waals surface area contributed by atoms with Crippen molar-refractivity contribution in [1.29, 1.82) is 0 Å². The molecule has 2 heterocycles. The van der Waals surface area contributed by atoms with Gasteiger partial charge >= 0.3 is 0 Å². The number of benzene rings is 2. The van der Waals surface area contributed by atoms with E-state index in [1.54, 1.807) is 6.07 Å². The van der Waals surface area contributed by atoms with Gasteiger partial charge in [-0.2, -0.15) is 0 Å². The molecule has 9 heteroatoms. The zero-order valence-electron chi connectivity index (χ0n) is 14.9. The summed E-state index contributed by atoms with van der Waals surface area (Å²) in [6.45, 7) is 0. The van der Waals surface area contributed by atoms with Crippen molar-refractivity contribution in [2.45, 2.75) is 12.5 Å². The van der Waals surface area contributed by atoms with Crippen LogP contribution in [0.1, 0.15) is 32.3 Å². The average molecular weight is 376 g/mol. The third-order valence-corrected chi connectivity index (χ3v) is 4.62. The van der Waals surface area contributed by atoms with E-state index in [1.807, 2.05) is 30.3 Å². The molecule has 1 aromatic heterocycles. The minimum Gasteiger partial charge on any atom is -0.324 e. The fourth-order valence-electron chi connectivity index (χ4n) is 3.12. The van der Waals surface area contributed by atoms with Crippen LogP contribution in [0.3, 0.4) is 0 Å². The van der Waals surface area contributed by atoms with Crippen LogP contribution >= 0.6 is 0 Å². The zero-order chi connectivity index (χ0) is 19.7. The maximum absolute atomic E-state index is 12.9. The second-order valence-corrected chi connectivity index (χ2v) is 6.41. The lowest BCUT2D eigenvalue weighted by molar-refractivity contribution is -0.119. The van der Waals surface area contributed by atoms with E-state index >= 15 is 0 Å². The largest absolute Gasteiger partial charge is 0.324 e. The lowest BCUT2D eigenvalue weighted by atomic mass is 10.0. The monoisotopic (exact) mass is 376 g/mol. The van der Waals surface area contributed by atoms with Crippen molar-refractivity contribution in [3.63, 3.8) is 0 Å². The highest BCUT2D eigenvalue weighted by atomic mass is 16.2. The van der Waals surface area contributed by atoms with Gasteiger partial charge in [-0.05, 0) is 34.2 Å². The molecule has 9 nitrogen and oxygen atoms in total. The van der Waals surface area contributed by atoms with Gasteiger partial charge in [0.15, 0.2) is 0 Å². The number of rotatable bonds is 5. The summed E-state index contributed by atoms with van der Waals surface area (Å²) >= 11 is 0. The fraction of sp³-hybridized carbons (Fsp3) is 0.158. The highest BCUT2D eigenvalue weighted by Gasteiger charge is 2.33. The number of hydrogen-bond donors (Lipinski definition) is 1. The topological polar surface area (TPSA) is 110 Å². The van der Waals surface area contributed by atoms with Gasteiger partial charge in [-0.3, -0.25) is 19.3 Å². The minimum atomic E-state index is -0.675.